The molecular formula is C20H16FN3O. The first-order chi connectivity index (χ1) is 12.2. The van der Waals surface area contributed by atoms with E-state index in [9.17, 15) is 9.65 Å². The molecule has 1 aliphatic rings. The molecule has 1 aliphatic carbocycles. The number of rotatable bonds is 4. The molecule has 25 heavy (non-hydrogen) atoms. The second kappa shape index (κ2) is 6.06. The Balaban J connectivity index is 1.72. The molecule has 0 unspecified atom stereocenters. The first-order valence-electron chi connectivity index (χ1n) is 8.09. The van der Waals surface area contributed by atoms with E-state index in [1.54, 1.807) is 6.07 Å². The van der Waals surface area contributed by atoms with Crippen molar-refractivity contribution in [2.24, 2.45) is 0 Å². The molecule has 0 spiro atoms. The summed E-state index contributed by atoms with van der Waals surface area (Å²) in [6.45, 7) is 0. The predicted octanol–water partition coefficient (Wildman–Crippen LogP) is 4.22. The molecule has 1 fully saturated rings. The Labute approximate surface area is 144 Å². The van der Waals surface area contributed by atoms with Crippen molar-refractivity contribution in [1.29, 1.82) is 5.26 Å². The van der Waals surface area contributed by atoms with Crippen molar-refractivity contribution >= 4 is 16.6 Å². The predicted molar refractivity (Wildman–Crippen MR) is 94.2 cm³/mol. The number of halogens is 1. The summed E-state index contributed by atoms with van der Waals surface area (Å²) in [6, 6.07) is 15.6. The largest absolute Gasteiger partial charge is 0.494 e. The van der Waals surface area contributed by atoms with Crippen LogP contribution < -0.4 is 10.1 Å². The Morgan fingerprint density at radius 1 is 1.28 bits per heavy atom. The monoisotopic (exact) mass is 333 g/mol. The van der Waals surface area contributed by atoms with E-state index in [4.69, 9.17) is 4.74 Å². The van der Waals surface area contributed by atoms with Gasteiger partial charge in [0.05, 0.1) is 23.9 Å². The number of nitrogens with one attached hydrogen (secondary N) is 1. The first kappa shape index (κ1) is 15.4. The fourth-order valence-corrected chi connectivity index (χ4v) is 3.20. The fourth-order valence-electron chi connectivity index (χ4n) is 3.20. The zero-order chi connectivity index (χ0) is 17.4. The number of anilines is 1. The molecule has 124 valence electrons. The van der Waals surface area contributed by atoms with Crippen molar-refractivity contribution in [3.8, 4) is 11.8 Å². The standard InChI is InChI=1S/C20H16FN3O/c1-25-19-8-15-17(9-16(19)21)23-11-13(10-22)20(15)24-18-7-14(18)12-5-3-2-4-6-12/h2-6,8-9,11,14,18H,7H2,1H3,(H,23,24)/t14-,18+/m1/s1. The second-order valence-electron chi connectivity index (χ2n) is 6.17. The SMILES string of the molecule is COc1cc2c(N[C@H]3C[C@@H]3c3ccccc3)c(C#N)cnc2cc1F. The highest BCUT2D eigenvalue weighted by Crippen LogP contribution is 2.44. The quantitative estimate of drug-likeness (QED) is 0.776. The van der Waals surface area contributed by atoms with Crippen molar-refractivity contribution in [3.05, 3.63) is 65.6 Å². The van der Waals surface area contributed by atoms with Gasteiger partial charge in [-0.1, -0.05) is 30.3 Å². The number of hydrogen-bond acceptors (Lipinski definition) is 4. The van der Waals surface area contributed by atoms with Crippen LogP contribution >= 0.6 is 0 Å². The van der Waals surface area contributed by atoms with Gasteiger partial charge in [-0.3, -0.25) is 4.98 Å². The Hall–Kier alpha value is -3.13. The zero-order valence-electron chi connectivity index (χ0n) is 13.7. The smallest absolute Gasteiger partial charge is 0.167 e. The molecule has 1 N–H and O–H groups in total. The highest BCUT2D eigenvalue weighted by atomic mass is 19.1. The molecule has 2 aromatic carbocycles. The third-order valence-corrected chi connectivity index (χ3v) is 4.61. The number of nitrogens with zero attached hydrogens (tertiary/aromatic N) is 2. The lowest BCUT2D eigenvalue weighted by Gasteiger charge is -2.13. The molecule has 0 radical (unpaired) electrons. The van der Waals surface area contributed by atoms with Crippen molar-refractivity contribution in [2.45, 2.75) is 18.4 Å². The maximum absolute atomic E-state index is 13.9. The molecule has 0 bridgehead atoms. The lowest BCUT2D eigenvalue weighted by Crippen LogP contribution is -2.07. The number of methoxy groups -OCH3 is 1. The highest BCUT2D eigenvalue weighted by Gasteiger charge is 2.38. The van der Waals surface area contributed by atoms with Gasteiger partial charge in [-0.25, -0.2) is 4.39 Å². The average Bonchev–Trinajstić information content (AvgIpc) is 3.41. The molecular weight excluding hydrogens is 317 g/mol. The van der Waals surface area contributed by atoms with Crippen LogP contribution in [0.1, 0.15) is 23.5 Å². The van der Waals surface area contributed by atoms with Gasteiger partial charge < -0.3 is 10.1 Å². The Morgan fingerprint density at radius 2 is 2.08 bits per heavy atom. The van der Waals surface area contributed by atoms with Gasteiger partial charge in [-0.2, -0.15) is 5.26 Å². The molecule has 0 amide bonds. The number of hydrogen-bond donors (Lipinski definition) is 1. The van der Waals surface area contributed by atoms with Crippen LogP contribution in [0.4, 0.5) is 10.1 Å². The molecule has 1 heterocycles. The molecule has 3 aromatic rings. The van der Waals surface area contributed by atoms with Crippen LogP contribution in [0, 0.1) is 17.1 Å². The van der Waals surface area contributed by atoms with Crippen LogP contribution in [-0.4, -0.2) is 18.1 Å². The third-order valence-electron chi connectivity index (χ3n) is 4.61. The van der Waals surface area contributed by atoms with Crippen molar-refractivity contribution in [3.63, 3.8) is 0 Å². The zero-order valence-corrected chi connectivity index (χ0v) is 13.7. The van der Waals surface area contributed by atoms with Crippen molar-refractivity contribution < 1.29 is 9.13 Å². The van der Waals surface area contributed by atoms with Crippen LogP contribution in [0.2, 0.25) is 0 Å². The lowest BCUT2D eigenvalue weighted by molar-refractivity contribution is 0.387. The number of nitriles is 1. The summed E-state index contributed by atoms with van der Waals surface area (Å²) in [5.74, 6) is 0.0906. The van der Waals surface area contributed by atoms with Crippen LogP contribution in [0.15, 0.2) is 48.7 Å². The summed E-state index contributed by atoms with van der Waals surface area (Å²) < 4.78 is 19.0. The summed E-state index contributed by atoms with van der Waals surface area (Å²) in [7, 11) is 1.42. The lowest BCUT2D eigenvalue weighted by atomic mass is 10.1. The van der Waals surface area contributed by atoms with Crippen LogP contribution in [0.3, 0.4) is 0 Å². The van der Waals surface area contributed by atoms with Gasteiger partial charge in [0.25, 0.3) is 0 Å². The minimum absolute atomic E-state index is 0.142. The van der Waals surface area contributed by atoms with Gasteiger partial charge in [-0.05, 0) is 18.1 Å². The average molecular weight is 333 g/mol. The van der Waals surface area contributed by atoms with Crippen molar-refractivity contribution in [2.75, 3.05) is 12.4 Å². The minimum atomic E-state index is -0.466. The maximum atomic E-state index is 13.9. The third kappa shape index (κ3) is 2.76. The van der Waals surface area contributed by atoms with Gasteiger partial charge in [-0.15, -0.1) is 0 Å². The molecule has 0 saturated heterocycles. The molecule has 4 rings (SSSR count). The van der Waals surface area contributed by atoms with E-state index >= 15 is 0 Å². The molecule has 5 heteroatoms. The first-order valence-corrected chi connectivity index (χ1v) is 8.09. The van der Waals surface area contributed by atoms with Crippen LogP contribution in [0.5, 0.6) is 5.75 Å². The summed E-state index contributed by atoms with van der Waals surface area (Å²) in [4.78, 5) is 4.20. The Morgan fingerprint density at radius 3 is 2.80 bits per heavy atom. The Kier molecular flexibility index (Phi) is 3.73. The summed E-state index contributed by atoms with van der Waals surface area (Å²) in [5.41, 5.74) is 2.91. The molecule has 1 aromatic heterocycles. The van der Waals surface area contributed by atoms with E-state index in [0.29, 0.717) is 28.1 Å². The highest BCUT2D eigenvalue weighted by molar-refractivity contribution is 5.95. The fraction of sp³-hybridized carbons (Fsp3) is 0.200. The topological polar surface area (TPSA) is 57.9 Å². The number of aromatic nitrogens is 1. The molecule has 0 aliphatic heterocycles. The molecule has 4 nitrogen and oxygen atoms in total. The number of benzene rings is 2. The van der Waals surface area contributed by atoms with Crippen molar-refractivity contribution in [1.82, 2.24) is 4.98 Å². The summed E-state index contributed by atoms with van der Waals surface area (Å²) in [5, 5.41) is 13.6. The molecule has 1 saturated carbocycles. The molecule has 2 atom stereocenters. The van der Waals surface area contributed by atoms with Crippen LogP contribution in [-0.2, 0) is 0 Å². The van der Waals surface area contributed by atoms with Gasteiger partial charge >= 0.3 is 0 Å². The second-order valence-corrected chi connectivity index (χ2v) is 6.17. The van der Waals surface area contributed by atoms with Crippen LogP contribution in [0.25, 0.3) is 10.9 Å². The van der Waals surface area contributed by atoms with Gasteiger partial charge in [0.2, 0.25) is 0 Å². The van der Waals surface area contributed by atoms with Gasteiger partial charge in [0.15, 0.2) is 11.6 Å². The Bertz CT molecular complexity index is 982. The number of ether oxygens (including phenoxy) is 1. The van der Waals surface area contributed by atoms with E-state index in [2.05, 4.69) is 28.5 Å². The van der Waals surface area contributed by atoms with E-state index in [1.807, 2.05) is 18.2 Å². The van der Waals surface area contributed by atoms with Gasteiger partial charge in [0, 0.05) is 29.6 Å². The number of pyridine rings is 1. The maximum Gasteiger partial charge on any atom is 0.167 e. The summed E-state index contributed by atoms with van der Waals surface area (Å²) in [6.07, 6.45) is 2.48. The van der Waals surface area contributed by atoms with E-state index in [0.717, 1.165) is 6.42 Å². The van der Waals surface area contributed by atoms with E-state index < -0.39 is 5.82 Å². The number of fused-ring (bicyclic) bond motifs is 1. The van der Waals surface area contributed by atoms with E-state index in [-0.39, 0.29) is 11.8 Å². The minimum Gasteiger partial charge on any atom is -0.494 e. The normalized spacial score (nSPS) is 18.6. The van der Waals surface area contributed by atoms with E-state index in [1.165, 1.54) is 24.9 Å². The van der Waals surface area contributed by atoms with Gasteiger partial charge in [0.1, 0.15) is 6.07 Å². The summed E-state index contributed by atoms with van der Waals surface area (Å²) >= 11 is 0.